The minimum absolute atomic E-state index is 0.0317. The van der Waals surface area contributed by atoms with Crippen molar-refractivity contribution in [2.45, 2.75) is 6.92 Å². The van der Waals surface area contributed by atoms with E-state index >= 15 is 0 Å². The van der Waals surface area contributed by atoms with E-state index in [1.54, 1.807) is 4.68 Å². The summed E-state index contributed by atoms with van der Waals surface area (Å²) in [5.41, 5.74) is 3.35. The fourth-order valence-electron chi connectivity index (χ4n) is 2.21. The molecule has 3 rings (SSSR count). The maximum Gasteiger partial charge on any atom is 0.274 e. The lowest BCUT2D eigenvalue weighted by Crippen LogP contribution is -2.16. The van der Waals surface area contributed by atoms with Crippen molar-refractivity contribution in [2.24, 2.45) is 0 Å². The molecule has 0 aliphatic carbocycles. The number of benzene rings is 2. The maximum absolute atomic E-state index is 12.4. The standard InChI is InChI=1S/C16H13BrN2O/c1-11-15(12-7-3-2-4-8-12)18-19(16(11)20)14-10-6-5-9-13(14)17/h2-10,18H,1H3. The predicted octanol–water partition coefficient (Wildman–Crippen LogP) is 3.90. The highest BCUT2D eigenvalue weighted by Crippen LogP contribution is 2.23. The summed E-state index contributed by atoms with van der Waals surface area (Å²) < 4.78 is 2.45. The molecule has 0 unspecified atom stereocenters. The van der Waals surface area contributed by atoms with E-state index in [0.717, 1.165) is 21.4 Å². The molecule has 0 amide bonds. The fourth-order valence-corrected chi connectivity index (χ4v) is 2.67. The molecule has 20 heavy (non-hydrogen) atoms. The lowest BCUT2D eigenvalue weighted by Gasteiger charge is -2.04. The van der Waals surface area contributed by atoms with Crippen molar-refractivity contribution in [1.29, 1.82) is 0 Å². The second-order valence-corrected chi connectivity index (χ2v) is 5.42. The third kappa shape index (κ3) is 2.12. The van der Waals surface area contributed by atoms with Gasteiger partial charge in [-0.05, 0) is 40.5 Å². The van der Waals surface area contributed by atoms with Gasteiger partial charge in [0.2, 0.25) is 0 Å². The molecule has 100 valence electrons. The van der Waals surface area contributed by atoms with Gasteiger partial charge in [-0.15, -0.1) is 0 Å². The van der Waals surface area contributed by atoms with Crippen molar-refractivity contribution in [3.8, 4) is 16.9 Å². The van der Waals surface area contributed by atoms with Gasteiger partial charge in [-0.25, -0.2) is 4.68 Å². The van der Waals surface area contributed by atoms with Gasteiger partial charge in [0.1, 0.15) is 0 Å². The van der Waals surface area contributed by atoms with Crippen LogP contribution in [0.15, 0.2) is 63.9 Å². The summed E-state index contributed by atoms with van der Waals surface area (Å²) >= 11 is 3.48. The summed E-state index contributed by atoms with van der Waals surface area (Å²) in [4.78, 5) is 12.4. The summed E-state index contributed by atoms with van der Waals surface area (Å²) in [6, 6.07) is 17.5. The van der Waals surface area contributed by atoms with Gasteiger partial charge in [0.25, 0.3) is 5.56 Å². The van der Waals surface area contributed by atoms with Crippen LogP contribution in [-0.2, 0) is 0 Å². The normalized spacial score (nSPS) is 10.7. The van der Waals surface area contributed by atoms with Gasteiger partial charge < -0.3 is 0 Å². The number of para-hydroxylation sites is 1. The molecule has 0 aliphatic heterocycles. The molecule has 0 radical (unpaired) electrons. The zero-order valence-electron chi connectivity index (χ0n) is 10.9. The van der Waals surface area contributed by atoms with Crippen LogP contribution in [0.4, 0.5) is 0 Å². The molecule has 2 aromatic carbocycles. The Hall–Kier alpha value is -2.07. The number of hydrogen-bond donors (Lipinski definition) is 1. The van der Waals surface area contributed by atoms with E-state index in [1.807, 2.05) is 61.5 Å². The van der Waals surface area contributed by atoms with E-state index in [0.29, 0.717) is 5.56 Å². The smallest absolute Gasteiger partial charge is 0.274 e. The van der Waals surface area contributed by atoms with E-state index in [2.05, 4.69) is 21.0 Å². The van der Waals surface area contributed by atoms with E-state index < -0.39 is 0 Å². The third-order valence-corrected chi connectivity index (χ3v) is 3.95. The summed E-state index contributed by atoms with van der Waals surface area (Å²) in [5, 5.41) is 3.20. The highest BCUT2D eigenvalue weighted by atomic mass is 79.9. The molecule has 3 nitrogen and oxygen atoms in total. The molecular formula is C16H13BrN2O. The van der Waals surface area contributed by atoms with E-state index in [4.69, 9.17) is 0 Å². The van der Waals surface area contributed by atoms with E-state index in [9.17, 15) is 4.79 Å². The zero-order chi connectivity index (χ0) is 14.1. The highest BCUT2D eigenvalue weighted by Gasteiger charge is 2.13. The van der Waals surface area contributed by atoms with Crippen molar-refractivity contribution in [3.05, 3.63) is 75.0 Å². The molecule has 1 N–H and O–H groups in total. The minimum atomic E-state index is -0.0317. The monoisotopic (exact) mass is 328 g/mol. The highest BCUT2D eigenvalue weighted by molar-refractivity contribution is 9.10. The SMILES string of the molecule is Cc1c(-c2ccccc2)[nH]n(-c2ccccc2Br)c1=O. The van der Waals surface area contributed by atoms with E-state index in [-0.39, 0.29) is 5.56 Å². The molecule has 3 aromatic rings. The largest absolute Gasteiger partial charge is 0.290 e. The number of rotatable bonds is 2. The quantitative estimate of drug-likeness (QED) is 0.761. The Morgan fingerprint density at radius 1 is 1.00 bits per heavy atom. The molecule has 1 aromatic heterocycles. The van der Waals surface area contributed by atoms with Crippen LogP contribution in [0.25, 0.3) is 16.9 Å². The molecule has 0 saturated carbocycles. The Kier molecular flexibility index (Phi) is 3.32. The first-order valence-electron chi connectivity index (χ1n) is 6.30. The van der Waals surface area contributed by atoms with Crippen LogP contribution < -0.4 is 5.56 Å². The number of aromatic nitrogens is 2. The Labute approximate surface area is 125 Å². The first-order valence-corrected chi connectivity index (χ1v) is 7.09. The number of nitrogens with one attached hydrogen (secondary N) is 1. The average Bonchev–Trinajstić information content (AvgIpc) is 2.77. The van der Waals surface area contributed by atoms with Crippen molar-refractivity contribution >= 4 is 15.9 Å². The zero-order valence-corrected chi connectivity index (χ0v) is 12.5. The van der Waals surface area contributed by atoms with Crippen molar-refractivity contribution in [2.75, 3.05) is 0 Å². The number of nitrogens with zero attached hydrogens (tertiary/aromatic N) is 1. The molecular weight excluding hydrogens is 316 g/mol. The maximum atomic E-state index is 12.4. The van der Waals surface area contributed by atoms with Crippen LogP contribution in [0.2, 0.25) is 0 Å². The lowest BCUT2D eigenvalue weighted by molar-refractivity contribution is 0.847. The summed E-state index contributed by atoms with van der Waals surface area (Å²) in [6.45, 7) is 1.84. The van der Waals surface area contributed by atoms with Crippen molar-refractivity contribution < 1.29 is 0 Å². The second-order valence-electron chi connectivity index (χ2n) is 4.57. The molecule has 0 atom stereocenters. The van der Waals surface area contributed by atoms with Crippen molar-refractivity contribution in [3.63, 3.8) is 0 Å². The van der Waals surface area contributed by atoms with Crippen LogP contribution in [-0.4, -0.2) is 9.78 Å². The lowest BCUT2D eigenvalue weighted by atomic mass is 10.1. The first-order chi connectivity index (χ1) is 9.68. The molecule has 1 heterocycles. The Morgan fingerprint density at radius 3 is 2.35 bits per heavy atom. The van der Waals surface area contributed by atoms with Gasteiger partial charge >= 0.3 is 0 Å². The molecule has 0 spiro atoms. The van der Waals surface area contributed by atoms with Crippen LogP contribution >= 0.6 is 15.9 Å². The Morgan fingerprint density at radius 2 is 1.65 bits per heavy atom. The number of aromatic amines is 1. The van der Waals surface area contributed by atoms with Gasteiger partial charge in [0.05, 0.1) is 11.4 Å². The topological polar surface area (TPSA) is 37.8 Å². The predicted molar refractivity (Wildman–Crippen MR) is 84.3 cm³/mol. The number of hydrogen-bond acceptors (Lipinski definition) is 1. The van der Waals surface area contributed by atoms with Crippen LogP contribution in [0.5, 0.6) is 0 Å². The van der Waals surface area contributed by atoms with Gasteiger partial charge in [-0.2, -0.15) is 0 Å². The summed E-state index contributed by atoms with van der Waals surface area (Å²) in [6.07, 6.45) is 0. The Bertz CT molecular complexity index is 803. The fraction of sp³-hybridized carbons (Fsp3) is 0.0625. The molecule has 0 aliphatic rings. The molecule has 4 heteroatoms. The van der Waals surface area contributed by atoms with Crippen LogP contribution in [0.3, 0.4) is 0 Å². The van der Waals surface area contributed by atoms with Crippen molar-refractivity contribution in [1.82, 2.24) is 9.78 Å². The summed E-state index contributed by atoms with van der Waals surface area (Å²) in [5.74, 6) is 0. The van der Waals surface area contributed by atoms with E-state index in [1.165, 1.54) is 0 Å². The third-order valence-electron chi connectivity index (χ3n) is 3.28. The van der Waals surface area contributed by atoms with Crippen LogP contribution in [0.1, 0.15) is 5.56 Å². The Balaban J connectivity index is 2.22. The van der Waals surface area contributed by atoms with Gasteiger partial charge in [0.15, 0.2) is 0 Å². The van der Waals surface area contributed by atoms with Gasteiger partial charge in [-0.3, -0.25) is 9.89 Å². The first kappa shape index (κ1) is 12.9. The number of H-pyrrole nitrogens is 1. The second kappa shape index (κ2) is 5.13. The molecule has 0 bridgehead atoms. The van der Waals surface area contributed by atoms with Gasteiger partial charge in [-0.1, -0.05) is 42.5 Å². The molecule has 0 fully saturated rings. The minimum Gasteiger partial charge on any atom is -0.290 e. The molecule has 0 saturated heterocycles. The number of halogens is 1. The van der Waals surface area contributed by atoms with Gasteiger partial charge in [0, 0.05) is 10.0 Å². The summed E-state index contributed by atoms with van der Waals surface area (Å²) in [7, 11) is 0. The van der Waals surface area contributed by atoms with Crippen LogP contribution in [0, 0.1) is 6.92 Å². The average molecular weight is 329 g/mol.